The molecule has 0 saturated carbocycles. The molecule has 0 bridgehead atoms. The van der Waals surface area contributed by atoms with E-state index in [9.17, 15) is 19.8 Å². The molecular formula is C58H111NO5. The van der Waals surface area contributed by atoms with E-state index >= 15 is 0 Å². The van der Waals surface area contributed by atoms with Crippen LogP contribution in [-0.2, 0) is 14.3 Å². The summed E-state index contributed by atoms with van der Waals surface area (Å²) < 4.78 is 5.48. The largest absolute Gasteiger partial charge is 0.466 e. The van der Waals surface area contributed by atoms with Gasteiger partial charge in [-0.3, -0.25) is 9.59 Å². The molecule has 2 atom stereocenters. The van der Waals surface area contributed by atoms with Crippen molar-refractivity contribution in [1.29, 1.82) is 0 Å². The highest BCUT2D eigenvalue weighted by Gasteiger charge is 2.18. The van der Waals surface area contributed by atoms with Crippen LogP contribution in [0.15, 0.2) is 24.3 Å². The number of nitrogens with one attached hydrogen (secondary N) is 1. The predicted octanol–water partition coefficient (Wildman–Crippen LogP) is 17.5. The third kappa shape index (κ3) is 49.8. The van der Waals surface area contributed by atoms with Gasteiger partial charge in [-0.25, -0.2) is 0 Å². The van der Waals surface area contributed by atoms with Gasteiger partial charge in [0.2, 0.25) is 5.91 Å². The summed E-state index contributed by atoms with van der Waals surface area (Å²) in [5.74, 6) is -0.0663. The van der Waals surface area contributed by atoms with Crippen LogP contribution in [0.4, 0.5) is 0 Å². The minimum atomic E-state index is -0.847. The van der Waals surface area contributed by atoms with Crippen LogP contribution < -0.4 is 5.32 Å². The van der Waals surface area contributed by atoms with Crippen molar-refractivity contribution < 1.29 is 24.5 Å². The molecule has 6 heteroatoms. The highest BCUT2D eigenvalue weighted by Crippen LogP contribution is 2.16. The fourth-order valence-electron chi connectivity index (χ4n) is 8.81. The van der Waals surface area contributed by atoms with Crippen molar-refractivity contribution in [2.24, 2.45) is 0 Å². The molecule has 0 aliphatic heterocycles. The number of hydrogen-bond acceptors (Lipinski definition) is 5. The molecule has 2 unspecified atom stereocenters. The van der Waals surface area contributed by atoms with Gasteiger partial charge < -0.3 is 20.3 Å². The molecule has 64 heavy (non-hydrogen) atoms. The van der Waals surface area contributed by atoms with E-state index in [1.165, 1.54) is 238 Å². The SMILES string of the molecule is CCCCCCCCCCCC/C=C/C(O)C(CO)NC(=O)CCCCCCCCC/C=C\CCCCCCCCCCCCOC(=O)CCCCCCCCCCCCCCCC. The molecule has 0 aromatic heterocycles. The molecule has 0 spiro atoms. The Balaban J connectivity index is 3.43. The van der Waals surface area contributed by atoms with Gasteiger partial charge in [-0.15, -0.1) is 0 Å². The van der Waals surface area contributed by atoms with Gasteiger partial charge in [-0.2, -0.15) is 0 Å². The van der Waals surface area contributed by atoms with E-state index in [0.29, 0.717) is 19.4 Å². The summed E-state index contributed by atoms with van der Waals surface area (Å²) >= 11 is 0. The molecule has 0 heterocycles. The number of ether oxygens (including phenoxy) is 1. The first-order valence-electron chi connectivity index (χ1n) is 28.6. The lowest BCUT2D eigenvalue weighted by Crippen LogP contribution is -2.45. The van der Waals surface area contributed by atoms with E-state index in [4.69, 9.17) is 4.74 Å². The maximum Gasteiger partial charge on any atom is 0.305 e. The van der Waals surface area contributed by atoms with Crippen LogP contribution in [-0.4, -0.2) is 47.4 Å². The zero-order valence-corrected chi connectivity index (χ0v) is 43.0. The predicted molar refractivity (Wildman–Crippen MR) is 278 cm³/mol. The minimum absolute atomic E-state index is 0.00975. The average Bonchev–Trinajstić information content (AvgIpc) is 3.29. The second-order valence-corrected chi connectivity index (χ2v) is 19.6. The summed E-state index contributed by atoms with van der Waals surface area (Å²) in [6, 6.07) is -0.632. The average molecular weight is 903 g/mol. The van der Waals surface area contributed by atoms with E-state index in [-0.39, 0.29) is 18.5 Å². The van der Waals surface area contributed by atoms with Crippen LogP contribution >= 0.6 is 0 Å². The van der Waals surface area contributed by atoms with E-state index in [1.54, 1.807) is 6.08 Å². The third-order valence-electron chi connectivity index (χ3n) is 13.2. The van der Waals surface area contributed by atoms with Crippen molar-refractivity contribution in [3.05, 3.63) is 24.3 Å². The number of carbonyl (C=O) groups is 2. The van der Waals surface area contributed by atoms with Crippen molar-refractivity contribution in [2.45, 2.75) is 321 Å². The number of esters is 1. The topological polar surface area (TPSA) is 95.9 Å². The van der Waals surface area contributed by atoms with Crippen LogP contribution in [0.3, 0.4) is 0 Å². The van der Waals surface area contributed by atoms with Crippen LogP contribution in [0, 0.1) is 0 Å². The number of rotatable bonds is 53. The summed E-state index contributed by atoms with van der Waals surface area (Å²) in [6.45, 7) is 4.90. The van der Waals surface area contributed by atoms with Crippen molar-refractivity contribution in [3.63, 3.8) is 0 Å². The van der Waals surface area contributed by atoms with Crippen LogP contribution in [0.5, 0.6) is 0 Å². The quantitative estimate of drug-likeness (QED) is 0.0321. The Hall–Kier alpha value is -1.66. The fourth-order valence-corrected chi connectivity index (χ4v) is 8.81. The first kappa shape index (κ1) is 62.3. The van der Waals surface area contributed by atoms with Gasteiger partial charge in [0.25, 0.3) is 0 Å². The van der Waals surface area contributed by atoms with Gasteiger partial charge in [0, 0.05) is 12.8 Å². The Bertz CT molecular complexity index is 997. The number of unbranched alkanes of at least 4 members (excludes halogenated alkanes) is 40. The number of carbonyl (C=O) groups excluding carboxylic acids is 2. The van der Waals surface area contributed by atoms with Crippen molar-refractivity contribution in [2.75, 3.05) is 13.2 Å². The van der Waals surface area contributed by atoms with Crippen LogP contribution in [0.1, 0.15) is 309 Å². The molecule has 0 aliphatic carbocycles. The molecule has 0 aliphatic rings. The smallest absolute Gasteiger partial charge is 0.305 e. The zero-order valence-electron chi connectivity index (χ0n) is 43.0. The second kappa shape index (κ2) is 54.0. The Labute approximate surface area is 399 Å². The standard InChI is InChI=1S/C58H111NO5/c1-3-5-7-9-11-13-15-17-28-32-36-40-44-48-52-58(63)64-53-49-45-41-37-33-29-26-24-22-20-18-19-21-23-25-27-31-35-39-43-47-51-57(62)59-55(54-60)56(61)50-46-42-38-34-30-16-14-12-10-8-6-4-2/h19,21,46,50,55-56,60-61H,3-18,20,22-45,47-49,51-54H2,1-2H3,(H,59,62)/b21-19-,50-46+. The minimum Gasteiger partial charge on any atom is -0.466 e. The molecule has 378 valence electrons. The number of aliphatic hydroxyl groups excluding tert-OH is 2. The number of allylic oxidation sites excluding steroid dienone is 3. The van der Waals surface area contributed by atoms with Gasteiger partial charge in [0.1, 0.15) is 0 Å². The summed E-state index contributed by atoms with van der Waals surface area (Å²) in [7, 11) is 0. The molecule has 3 N–H and O–H groups in total. The molecule has 0 fully saturated rings. The molecule has 6 nitrogen and oxygen atoms in total. The van der Waals surface area contributed by atoms with E-state index in [1.807, 2.05) is 6.08 Å². The maximum absolute atomic E-state index is 12.4. The highest BCUT2D eigenvalue weighted by atomic mass is 16.5. The zero-order chi connectivity index (χ0) is 46.5. The summed E-state index contributed by atoms with van der Waals surface area (Å²) in [6.07, 6.45) is 64.9. The van der Waals surface area contributed by atoms with Gasteiger partial charge in [-0.05, 0) is 57.8 Å². The van der Waals surface area contributed by atoms with E-state index in [0.717, 1.165) is 44.9 Å². The van der Waals surface area contributed by atoms with Crippen molar-refractivity contribution in [1.82, 2.24) is 5.32 Å². The van der Waals surface area contributed by atoms with Gasteiger partial charge in [-0.1, -0.05) is 263 Å². The number of hydrogen-bond donors (Lipinski definition) is 3. The lowest BCUT2D eigenvalue weighted by atomic mass is 10.0. The molecule has 0 radical (unpaired) electrons. The van der Waals surface area contributed by atoms with E-state index < -0.39 is 12.1 Å². The third-order valence-corrected chi connectivity index (χ3v) is 13.2. The first-order valence-corrected chi connectivity index (χ1v) is 28.6. The first-order chi connectivity index (χ1) is 31.5. The normalized spacial score (nSPS) is 12.8. The monoisotopic (exact) mass is 902 g/mol. The Morgan fingerprint density at radius 3 is 1.11 bits per heavy atom. The molecule has 0 saturated heterocycles. The lowest BCUT2D eigenvalue weighted by molar-refractivity contribution is -0.143. The van der Waals surface area contributed by atoms with Crippen molar-refractivity contribution >= 4 is 11.9 Å². The summed E-state index contributed by atoms with van der Waals surface area (Å²) in [5, 5.41) is 23.0. The Morgan fingerprint density at radius 1 is 0.422 bits per heavy atom. The molecule has 1 amide bonds. The van der Waals surface area contributed by atoms with Crippen LogP contribution in [0.2, 0.25) is 0 Å². The highest BCUT2D eigenvalue weighted by molar-refractivity contribution is 5.76. The fraction of sp³-hybridized carbons (Fsp3) is 0.897. The Kier molecular flexibility index (Phi) is 52.6. The lowest BCUT2D eigenvalue weighted by Gasteiger charge is -2.20. The van der Waals surface area contributed by atoms with Crippen LogP contribution in [0.25, 0.3) is 0 Å². The summed E-state index contributed by atoms with van der Waals surface area (Å²) in [5.41, 5.74) is 0. The summed E-state index contributed by atoms with van der Waals surface area (Å²) in [4.78, 5) is 24.5. The molecule has 0 aromatic carbocycles. The van der Waals surface area contributed by atoms with Gasteiger partial charge in [0.15, 0.2) is 0 Å². The molecule has 0 rings (SSSR count). The Morgan fingerprint density at radius 2 is 0.734 bits per heavy atom. The molecular weight excluding hydrogens is 791 g/mol. The van der Waals surface area contributed by atoms with E-state index in [2.05, 4.69) is 31.3 Å². The van der Waals surface area contributed by atoms with Gasteiger partial charge >= 0.3 is 5.97 Å². The number of amides is 1. The maximum atomic E-state index is 12.4. The number of aliphatic hydroxyl groups is 2. The second-order valence-electron chi connectivity index (χ2n) is 19.6. The van der Waals surface area contributed by atoms with Crippen molar-refractivity contribution in [3.8, 4) is 0 Å². The molecule has 0 aromatic rings. The van der Waals surface area contributed by atoms with Gasteiger partial charge in [0.05, 0.1) is 25.4 Å².